The van der Waals surface area contributed by atoms with E-state index in [0.29, 0.717) is 11.3 Å². The minimum absolute atomic E-state index is 0.266. The maximum atomic E-state index is 12.5. The second-order valence-electron chi connectivity index (χ2n) is 11.2. The highest BCUT2D eigenvalue weighted by atomic mass is 32.2. The Morgan fingerprint density at radius 2 is 1.89 bits per heavy atom. The summed E-state index contributed by atoms with van der Waals surface area (Å²) in [6, 6.07) is 4.13. The number of aromatic nitrogens is 2. The van der Waals surface area contributed by atoms with E-state index in [-0.39, 0.29) is 5.41 Å². The standard InChI is InChI=1S/C28H41N3O3S/c1-8-9-16-35-20-10-11-22(30-17-20)21-18-29-19(2)23(25(26(32)33)34-27(3,4)5)24(21)31-14-12-28(6,7)13-15-31/h10-11,17-18,25H,8-9,12-16H2,1-7H3,(H,32,33)/t25-/m0/s1. The Labute approximate surface area is 214 Å². The van der Waals surface area contributed by atoms with Crippen molar-refractivity contribution in [1.29, 1.82) is 0 Å². The molecular formula is C28H41N3O3S. The number of carbonyl (C=O) groups is 1. The Balaban J connectivity index is 2.12. The van der Waals surface area contributed by atoms with Crippen LogP contribution in [0.15, 0.2) is 29.4 Å². The SMILES string of the molecule is CCCCSc1ccc(-c2cnc(C)c([C@H](OC(C)(C)C)C(=O)O)c2N2CCC(C)(C)CC2)nc1. The predicted octanol–water partition coefficient (Wildman–Crippen LogP) is 6.91. The molecule has 6 nitrogen and oxygen atoms in total. The lowest BCUT2D eigenvalue weighted by Gasteiger charge is -2.40. The van der Waals surface area contributed by atoms with Gasteiger partial charge in [0.2, 0.25) is 0 Å². The molecule has 2 aromatic heterocycles. The van der Waals surface area contributed by atoms with E-state index in [1.807, 2.05) is 57.9 Å². The van der Waals surface area contributed by atoms with Crippen LogP contribution in [0.3, 0.4) is 0 Å². The number of pyridine rings is 2. The highest BCUT2D eigenvalue weighted by Crippen LogP contribution is 2.43. The van der Waals surface area contributed by atoms with E-state index in [4.69, 9.17) is 9.72 Å². The maximum Gasteiger partial charge on any atom is 0.337 e. The number of anilines is 1. The number of rotatable bonds is 9. The average Bonchev–Trinajstić information content (AvgIpc) is 2.78. The molecule has 0 radical (unpaired) electrons. The average molecular weight is 500 g/mol. The largest absolute Gasteiger partial charge is 0.479 e. The molecule has 1 atom stereocenters. The smallest absolute Gasteiger partial charge is 0.337 e. The number of nitrogens with zero attached hydrogens (tertiary/aromatic N) is 3. The molecule has 1 N–H and O–H groups in total. The summed E-state index contributed by atoms with van der Waals surface area (Å²) in [5.41, 5.74) is 3.51. The molecule has 3 rings (SSSR count). The Bertz CT molecular complexity index is 1010. The van der Waals surface area contributed by atoms with Crippen molar-refractivity contribution in [2.75, 3.05) is 23.7 Å². The molecule has 1 aliphatic rings. The first-order chi connectivity index (χ1) is 16.4. The van der Waals surface area contributed by atoms with Crippen LogP contribution in [-0.4, -0.2) is 45.5 Å². The first kappa shape index (κ1) is 27.5. The van der Waals surface area contributed by atoms with Crippen LogP contribution in [0.5, 0.6) is 0 Å². The van der Waals surface area contributed by atoms with Crippen LogP contribution in [0.4, 0.5) is 5.69 Å². The van der Waals surface area contributed by atoms with E-state index in [1.54, 1.807) is 0 Å². The molecule has 0 spiro atoms. The summed E-state index contributed by atoms with van der Waals surface area (Å²) in [6.07, 6.45) is 7.06. The summed E-state index contributed by atoms with van der Waals surface area (Å²) >= 11 is 1.82. The van der Waals surface area contributed by atoms with Gasteiger partial charge in [0.15, 0.2) is 6.10 Å². The summed E-state index contributed by atoms with van der Waals surface area (Å²) < 4.78 is 6.11. The second kappa shape index (κ2) is 11.3. The van der Waals surface area contributed by atoms with E-state index in [0.717, 1.165) is 53.5 Å². The predicted molar refractivity (Wildman–Crippen MR) is 144 cm³/mol. The third kappa shape index (κ3) is 7.20. The summed E-state index contributed by atoms with van der Waals surface area (Å²) in [6.45, 7) is 16.0. The van der Waals surface area contributed by atoms with E-state index < -0.39 is 17.7 Å². The van der Waals surface area contributed by atoms with Crippen LogP contribution in [0.2, 0.25) is 0 Å². The van der Waals surface area contributed by atoms with Crippen LogP contribution in [0.1, 0.15) is 84.6 Å². The molecular weight excluding hydrogens is 458 g/mol. The van der Waals surface area contributed by atoms with Gasteiger partial charge >= 0.3 is 5.97 Å². The molecule has 7 heteroatoms. The van der Waals surface area contributed by atoms with Crippen molar-refractivity contribution in [3.63, 3.8) is 0 Å². The number of carboxylic acids is 1. The Hall–Kier alpha value is -2.12. The van der Waals surface area contributed by atoms with Gasteiger partial charge < -0.3 is 14.7 Å². The maximum absolute atomic E-state index is 12.5. The topological polar surface area (TPSA) is 75.6 Å². The molecule has 35 heavy (non-hydrogen) atoms. The van der Waals surface area contributed by atoms with Gasteiger partial charge in [0.25, 0.3) is 0 Å². The van der Waals surface area contributed by atoms with Crippen LogP contribution < -0.4 is 4.90 Å². The molecule has 0 unspecified atom stereocenters. The van der Waals surface area contributed by atoms with Gasteiger partial charge in [0.05, 0.1) is 17.0 Å². The Morgan fingerprint density at radius 3 is 2.43 bits per heavy atom. The third-order valence-corrected chi connectivity index (χ3v) is 7.52. The number of unbranched alkanes of at least 4 members (excludes halogenated alkanes) is 1. The zero-order valence-corrected chi connectivity index (χ0v) is 23.2. The lowest BCUT2D eigenvalue weighted by atomic mass is 9.82. The number of aliphatic carboxylic acids is 1. The first-order valence-electron chi connectivity index (χ1n) is 12.7. The monoisotopic (exact) mass is 499 g/mol. The van der Waals surface area contributed by atoms with Crippen molar-refractivity contribution < 1.29 is 14.6 Å². The van der Waals surface area contributed by atoms with Crippen LogP contribution in [0, 0.1) is 12.3 Å². The van der Waals surface area contributed by atoms with Gasteiger partial charge in [-0.2, -0.15) is 0 Å². The van der Waals surface area contributed by atoms with E-state index in [2.05, 4.69) is 36.7 Å². The highest BCUT2D eigenvalue weighted by Gasteiger charge is 2.35. The molecule has 2 aromatic rings. The van der Waals surface area contributed by atoms with E-state index in [9.17, 15) is 9.90 Å². The lowest BCUT2D eigenvalue weighted by Crippen LogP contribution is -2.39. The zero-order chi connectivity index (χ0) is 25.8. The second-order valence-corrected chi connectivity index (χ2v) is 12.4. The van der Waals surface area contributed by atoms with Crippen molar-refractivity contribution in [3.8, 4) is 11.3 Å². The molecule has 3 heterocycles. The van der Waals surface area contributed by atoms with Gasteiger partial charge in [-0.1, -0.05) is 27.2 Å². The third-order valence-electron chi connectivity index (χ3n) is 6.46. The summed E-state index contributed by atoms with van der Waals surface area (Å²) in [5, 5.41) is 10.2. The Morgan fingerprint density at radius 1 is 1.20 bits per heavy atom. The minimum atomic E-state index is -1.11. The minimum Gasteiger partial charge on any atom is -0.479 e. The molecule has 0 amide bonds. The summed E-state index contributed by atoms with van der Waals surface area (Å²) in [4.78, 5) is 25.4. The van der Waals surface area contributed by atoms with Gasteiger partial charge in [-0.25, -0.2) is 4.79 Å². The van der Waals surface area contributed by atoms with Gasteiger partial charge in [0, 0.05) is 47.2 Å². The van der Waals surface area contributed by atoms with Crippen LogP contribution in [-0.2, 0) is 9.53 Å². The van der Waals surface area contributed by atoms with Gasteiger partial charge in [-0.05, 0) is 70.3 Å². The normalized spacial score (nSPS) is 16.8. The van der Waals surface area contributed by atoms with E-state index in [1.165, 1.54) is 12.8 Å². The van der Waals surface area contributed by atoms with Crippen molar-refractivity contribution in [1.82, 2.24) is 9.97 Å². The van der Waals surface area contributed by atoms with Gasteiger partial charge in [0.1, 0.15) is 0 Å². The zero-order valence-electron chi connectivity index (χ0n) is 22.4. The molecule has 1 aliphatic heterocycles. The van der Waals surface area contributed by atoms with Crippen molar-refractivity contribution in [3.05, 3.63) is 35.8 Å². The van der Waals surface area contributed by atoms with Crippen molar-refractivity contribution >= 4 is 23.4 Å². The molecule has 1 fully saturated rings. The number of carboxylic acid groups (broad SMARTS) is 1. The molecule has 1 saturated heterocycles. The summed E-state index contributed by atoms with van der Waals surface area (Å²) in [5.74, 6) is 0.0729. The molecule has 0 aromatic carbocycles. The van der Waals surface area contributed by atoms with Crippen molar-refractivity contribution in [2.24, 2.45) is 5.41 Å². The number of aryl methyl sites for hydroxylation is 1. The number of thioether (sulfide) groups is 1. The first-order valence-corrected chi connectivity index (χ1v) is 13.6. The van der Waals surface area contributed by atoms with Crippen LogP contribution in [0.25, 0.3) is 11.3 Å². The number of hydrogen-bond acceptors (Lipinski definition) is 6. The molecule has 0 aliphatic carbocycles. The van der Waals surface area contributed by atoms with Gasteiger partial charge in [-0.15, -0.1) is 11.8 Å². The van der Waals surface area contributed by atoms with Crippen LogP contribution >= 0.6 is 11.8 Å². The fourth-order valence-corrected chi connectivity index (χ4v) is 5.29. The molecule has 192 valence electrons. The Kier molecular flexibility index (Phi) is 8.86. The number of ether oxygens (including phenoxy) is 1. The summed E-state index contributed by atoms with van der Waals surface area (Å²) in [7, 11) is 0. The number of hydrogen-bond donors (Lipinski definition) is 1. The van der Waals surface area contributed by atoms with Gasteiger partial charge in [-0.3, -0.25) is 9.97 Å². The lowest BCUT2D eigenvalue weighted by molar-refractivity contribution is -0.160. The van der Waals surface area contributed by atoms with Crippen molar-refractivity contribution in [2.45, 2.75) is 90.7 Å². The molecule has 0 bridgehead atoms. The quantitative estimate of drug-likeness (QED) is 0.297. The highest BCUT2D eigenvalue weighted by molar-refractivity contribution is 7.99. The molecule has 0 saturated carbocycles. The number of piperidine rings is 1. The fraction of sp³-hybridized carbons (Fsp3) is 0.607. The van der Waals surface area contributed by atoms with E-state index >= 15 is 0 Å². The fourth-order valence-electron chi connectivity index (χ4n) is 4.33.